The Morgan fingerprint density at radius 1 is 1.60 bits per heavy atom. The second-order valence-electron chi connectivity index (χ2n) is 4.12. The van der Waals surface area contributed by atoms with Gasteiger partial charge in [-0.2, -0.15) is 0 Å². The number of rotatable bonds is 3. The first-order chi connectivity index (χ1) is 7.14. The molecule has 0 unspecified atom stereocenters. The zero-order valence-corrected chi connectivity index (χ0v) is 8.97. The van der Waals surface area contributed by atoms with E-state index in [9.17, 15) is 9.50 Å². The Hall–Kier alpha value is -0.640. The average Bonchev–Trinajstić information content (AvgIpc) is 2.93. The van der Waals surface area contributed by atoms with Gasteiger partial charge in [0.2, 0.25) is 0 Å². The zero-order chi connectivity index (χ0) is 11.1. The Morgan fingerprint density at radius 2 is 2.33 bits per heavy atom. The maximum atomic E-state index is 13.6. The normalized spacial score (nSPS) is 29.2. The van der Waals surface area contributed by atoms with Crippen LogP contribution in [0, 0.1) is 11.2 Å². The fourth-order valence-corrected chi connectivity index (χ4v) is 2.36. The lowest BCUT2D eigenvalue weighted by Gasteiger charge is -2.12. The predicted octanol–water partition coefficient (Wildman–Crippen LogP) is 1.90. The summed E-state index contributed by atoms with van der Waals surface area (Å²) in [6, 6.07) is 4.63. The molecule has 0 amide bonds. The van der Waals surface area contributed by atoms with E-state index in [-0.39, 0.29) is 23.8 Å². The van der Waals surface area contributed by atoms with E-state index < -0.39 is 0 Å². The molecule has 1 aliphatic carbocycles. The number of aliphatic hydroxyl groups excluding tert-OH is 1. The highest BCUT2D eigenvalue weighted by Crippen LogP contribution is 2.59. The van der Waals surface area contributed by atoms with Gasteiger partial charge in [-0.05, 0) is 24.5 Å². The van der Waals surface area contributed by atoms with E-state index in [0.29, 0.717) is 23.6 Å². The lowest BCUT2D eigenvalue weighted by atomic mass is 9.99. The quantitative estimate of drug-likeness (QED) is 0.832. The van der Waals surface area contributed by atoms with E-state index in [4.69, 9.17) is 17.3 Å². The Kier molecular flexibility index (Phi) is 2.71. The van der Waals surface area contributed by atoms with Gasteiger partial charge in [0.15, 0.2) is 0 Å². The molecule has 2 atom stereocenters. The molecular formula is C11H13ClFNO. The summed E-state index contributed by atoms with van der Waals surface area (Å²) in [5.41, 5.74) is 5.73. The van der Waals surface area contributed by atoms with Crippen molar-refractivity contribution in [3.8, 4) is 0 Å². The maximum Gasteiger partial charge on any atom is 0.128 e. The largest absolute Gasteiger partial charge is 0.396 e. The van der Waals surface area contributed by atoms with Crippen LogP contribution in [-0.4, -0.2) is 18.3 Å². The number of hydrogen-bond donors (Lipinski definition) is 2. The Balaban J connectivity index is 2.34. The minimum Gasteiger partial charge on any atom is -0.396 e. The Labute approximate surface area is 92.9 Å². The minimum atomic E-state index is -0.355. The van der Waals surface area contributed by atoms with E-state index >= 15 is 0 Å². The number of halogens is 2. The fraction of sp³-hybridized carbons (Fsp3) is 0.455. The predicted molar refractivity (Wildman–Crippen MR) is 57.3 cm³/mol. The highest BCUT2D eigenvalue weighted by Gasteiger charge is 2.54. The summed E-state index contributed by atoms with van der Waals surface area (Å²) in [7, 11) is 0. The van der Waals surface area contributed by atoms with Crippen LogP contribution < -0.4 is 5.73 Å². The molecule has 1 aromatic carbocycles. The smallest absolute Gasteiger partial charge is 0.128 e. The second-order valence-corrected chi connectivity index (χ2v) is 4.52. The molecule has 0 heterocycles. The third kappa shape index (κ3) is 1.65. The van der Waals surface area contributed by atoms with E-state index in [0.717, 1.165) is 0 Å². The molecule has 2 nitrogen and oxygen atoms in total. The van der Waals surface area contributed by atoms with Crippen LogP contribution in [0.1, 0.15) is 17.9 Å². The molecule has 3 N–H and O–H groups in total. The second kappa shape index (κ2) is 3.74. The monoisotopic (exact) mass is 229 g/mol. The molecule has 0 spiro atoms. The molecule has 1 aliphatic rings. The maximum absolute atomic E-state index is 13.6. The molecule has 2 rings (SSSR count). The molecule has 82 valence electrons. The fourth-order valence-electron chi connectivity index (χ4n) is 2.06. The topological polar surface area (TPSA) is 46.2 Å². The summed E-state index contributed by atoms with van der Waals surface area (Å²) in [4.78, 5) is 0. The van der Waals surface area contributed by atoms with E-state index in [1.165, 1.54) is 6.07 Å². The van der Waals surface area contributed by atoms with Crippen LogP contribution in [0.5, 0.6) is 0 Å². The molecular weight excluding hydrogens is 217 g/mol. The SMILES string of the molecule is NC[C@@]1(CO)C[C@@H]1c1c(F)cccc1Cl. The molecule has 0 aliphatic heterocycles. The van der Waals surface area contributed by atoms with Gasteiger partial charge in [-0.25, -0.2) is 4.39 Å². The van der Waals surface area contributed by atoms with Gasteiger partial charge in [0.1, 0.15) is 5.82 Å². The third-order valence-corrected chi connectivity index (χ3v) is 3.59. The molecule has 15 heavy (non-hydrogen) atoms. The number of nitrogens with two attached hydrogens (primary N) is 1. The van der Waals surface area contributed by atoms with Crippen molar-refractivity contribution in [2.24, 2.45) is 11.1 Å². The van der Waals surface area contributed by atoms with E-state index in [1.807, 2.05) is 0 Å². The van der Waals surface area contributed by atoms with Gasteiger partial charge in [0.25, 0.3) is 0 Å². The van der Waals surface area contributed by atoms with Gasteiger partial charge in [-0.3, -0.25) is 0 Å². The van der Waals surface area contributed by atoms with Gasteiger partial charge in [0.05, 0.1) is 6.61 Å². The third-order valence-electron chi connectivity index (χ3n) is 3.26. The highest BCUT2D eigenvalue weighted by molar-refractivity contribution is 6.31. The van der Waals surface area contributed by atoms with Crippen molar-refractivity contribution in [1.29, 1.82) is 0 Å². The van der Waals surface area contributed by atoms with Crippen molar-refractivity contribution in [3.63, 3.8) is 0 Å². The van der Waals surface area contributed by atoms with Crippen molar-refractivity contribution < 1.29 is 9.50 Å². The lowest BCUT2D eigenvalue weighted by molar-refractivity contribution is 0.211. The van der Waals surface area contributed by atoms with Gasteiger partial charge in [0, 0.05) is 22.5 Å². The number of benzene rings is 1. The van der Waals surface area contributed by atoms with Crippen molar-refractivity contribution >= 4 is 11.6 Å². The average molecular weight is 230 g/mol. The van der Waals surface area contributed by atoms with Crippen LogP contribution in [0.15, 0.2) is 18.2 Å². The van der Waals surface area contributed by atoms with Crippen molar-refractivity contribution in [3.05, 3.63) is 34.6 Å². The lowest BCUT2D eigenvalue weighted by Crippen LogP contribution is -2.21. The summed E-state index contributed by atoms with van der Waals surface area (Å²) in [5, 5.41) is 9.64. The summed E-state index contributed by atoms with van der Waals surface area (Å²) in [5.74, 6) is -0.350. The first-order valence-electron chi connectivity index (χ1n) is 4.89. The molecule has 4 heteroatoms. The van der Waals surface area contributed by atoms with Crippen LogP contribution in [0.25, 0.3) is 0 Å². The number of aliphatic hydroxyl groups is 1. The first kappa shape index (κ1) is 10.9. The van der Waals surface area contributed by atoms with Gasteiger partial charge >= 0.3 is 0 Å². The molecule has 1 fully saturated rings. The highest BCUT2D eigenvalue weighted by atomic mass is 35.5. The summed E-state index contributed by atoms with van der Waals surface area (Å²) < 4.78 is 13.6. The summed E-state index contributed by atoms with van der Waals surface area (Å²) in [6.45, 7) is 0.345. The van der Waals surface area contributed by atoms with E-state index in [2.05, 4.69) is 0 Å². The molecule has 0 aromatic heterocycles. The Morgan fingerprint density at radius 3 is 2.80 bits per heavy atom. The zero-order valence-electron chi connectivity index (χ0n) is 8.21. The van der Waals surface area contributed by atoms with Crippen LogP contribution in [0.4, 0.5) is 4.39 Å². The van der Waals surface area contributed by atoms with Crippen LogP contribution >= 0.6 is 11.6 Å². The van der Waals surface area contributed by atoms with Crippen LogP contribution in [0.3, 0.4) is 0 Å². The van der Waals surface area contributed by atoms with Crippen LogP contribution in [-0.2, 0) is 0 Å². The van der Waals surface area contributed by atoms with Crippen molar-refractivity contribution in [2.75, 3.05) is 13.2 Å². The summed E-state index contributed by atoms with van der Waals surface area (Å²) in [6.07, 6.45) is 0.709. The molecule has 0 saturated heterocycles. The standard InChI is InChI=1S/C11H13ClFNO/c12-8-2-1-3-9(13)10(8)7-4-11(7,5-14)6-15/h1-3,7,15H,4-6,14H2/t7-,11-/m1/s1. The van der Waals surface area contributed by atoms with E-state index in [1.54, 1.807) is 12.1 Å². The minimum absolute atomic E-state index is 0.0150. The van der Waals surface area contributed by atoms with Crippen molar-refractivity contribution in [2.45, 2.75) is 12.3 Å². The van der Waals surface area contributed by atoms with Gasteiger partial charge in [-0.1, -0.05) is 17.7 Å². The summed E-state index contributed by atoms with van der Waals surface area (Å²) >= 11 is 5.94. The number of hydrogen-bond acceptors (Lipinski definition) is 2. The van der Waals surface area contributed by atoms with Crippen LogP contribution in [0.2, 0.25) is 5.02 Å². The molecule has 0 bridgehead atoms. The van der Waals surface area contributed by atoms with Crippen molar-refractivity contribution in [1.82, 2.24) is 0 Å². The first-order valence-corrected chi connectivity index (χ1v) is 5.27. The molecule has 1 aromatic rings. The molecule has 0 radical (unpaired) electrons. The van der Waals surface area contributed by atoms with Gasteiger partial charge in [-0.15, -0.1) is 0 Å². The van der Waals surface area contributed by atoms with Gasteiger partial charge < -0.3 is 10.8 Å². The molecule has 1 saturated carbocycles. The Bertz CT molecular complexity index is 359.